The third-order valence-corrected chi connectivity index (χ3v) is 3.27. The molecule has 0 aliphatic heterocycles. The monoisotopic (exact) mass is 257 g/mol. The summed E-state index contributed by atoms with van der Waals surface area (Å²) in [6, 6.07) is 9.87. The highest BCUT2D eigenvalue weighted by atomic mass is 16.1. The van der Waals surface area contributed by atoms with Crippen molar-refractivity contribution in [2.45, 2.75) is 26.4 Å². The molecule has 0 aliphatic rings. The van der Waals surface area contributed by atoms with Crippen molar-refractivity contribution >= 4 is 0 Å². The largest absolute Gasteiger partial charge is 0.311 e. The molecule has 0 spiro atoms. The van der Waals surface area contributed by atoms with Crippen molar-refractivity contribution in [1.82, 2.24) is 15.1 Å². The molecule has 1 heterocycles. The number of hydrogen-bond acceptors (Lipinski definition) is 3. The standard InChI is InChI=1S/C15H19N3O/c1-11-8-15(19)18(17-9-11)10-14(16-3)13-7-5-4-6-12(13)2/h4-9,14,16H,10H2,1-3H3. The van der Waals surface area contributed by atoms with Gasteiger partial charge in [-0.2, -0.15) is 5.10 Å². The van der Waals surface area contributed by atoms with Crippen molar-refractivity contribution in [2.75, 3.05) is 7.05 Å². The van der Waals surface area contributed by atoms with E-state index in [1.165, 1.54) is 15.8 Å². The third kappa shape index (κ3) is 3.09. The molecule has 1 aromatic carbocycles. The van der Waals surface area contributed by atoms with E-state index in [0.29, 0.717) is 6.54 Å². The highest BCUT2D eigenvalue weighted by molar-refractivity contribution is 5.28. The van der Waals surface area contributed by atoms with Gasteiger partial charge in [0.1, 0.15) is 0 Å². The van der Waals surface area contributed by atoms with Crippen LogP contribution >= 0.6 is 0 Å². The average Bonchev–Trinajstić information content (AvgIpc) is 2.39. The highest BCUT2D eigenvalue weighted by Gasteiger charge is 2.13. The molecule has 100 valence electrons. The van der Waals surface area contributed by atoms with Crippen LogP contribution in [0.25, 0.3) is 0 Å². The Hall–Kier alpha value is -1.94. The maximum absolute atomic E-state index is 11.9. The van der Waals surface area contributed by atoms with Crippen LogP contribution in [0.4, 0.5) is 0 Å². The summed E-state index contributed by atoms with van der Waals surface area (Å²) in [5.74, 6) is 0. The number of aryl methyl sites for hydroxylation is 2. The van der Waals surface area contributed by atoms with Crippen LogP contribution in [-0.2, 0) is 6.54 Å². The fourth-order valence-electron chi connectivity index (χ4n) is 2.16. The number of likely N-dealkylation sites (N-methyl/N-ethyl adjacent to an activating group) is 1. The van der Waals surface area contributed by atoms with Gasteiger partial charge in [-0.15, -0.1) is 0 Å². The molecule has 1 unspecified atom stereocenters. The summed E-state index contributed by atoms with van der Waals surface area (Å²) in [7, 11) is 1.90. The number of hydrogen-bond donors (Lipinski definition) is 1. The predicted molar refractivity (Wildman–Crippen MR) is 76.2 cm³/mol. The number of benzene rings is 1. The van der Waals surface area contributed by atoms with Gasteiger partial charge in [0.05, 0.1) is 18.8 Å². The van der Waals surface area contributed by atoms with Crippen molar-refractivity contribution in [2.24, 2.45) is 0 Å². The Kier molecular flexibility index (Phi) is 4.12. The molecule has 4 heteroatoms. The van der Waals surface area contributed by atoms with Crippen LogP contribution in [0.15, 0.2) is 41.3 Å². The zero-order valence-electron chi connectivity index (χ0n) is 11.6. The molecule has 4 nitrogen and oxygen atoms in total. The SMILES string of the molecule is CNC(Cn1ncc(C)cc1=O)c1ccccc1C. The van der Waals surface area contributed by atoms with Crippen LogP contribution in [0.3, 0.4) is 0 Å². The molecule has 2 aromatic rings. The van der Waals surface area contributed by atoms with Crippen molar-refractivity contribution in [3.8, 4) is 0 Å². The summed E-state index contributed by atoms with van der Waals surface area (Å²) in [5, 5.41) is 7.43. The molecule has 19 heavy (non-hydrogen) atoms. The van der Waals surface area contributed by atoms with Gasteiger partial charge >= 0.3 is 0 Å². The molecule has 2 rings (SSSR count). The first-order chi connectivity index (χ1) is 9.11. The van der Waals surface area contributed by atoms with Gasteiger partial charge in [-0.25, -0.2) is 4.68 Å². The van der Waals surface area contributed by atoms with Crippen molar-refractivity contribution in [1.29, 1.82) is 0 Å². The summed E-state index contributed by atoms with van der Waals surface area (Å²) >= 11 is 0. The second-order valence-electron chi connectivity index (χ2n) is 4.75. The van der Waals surface area contributed by atoms with E-state index in [4.69, 9.17) is 0 Å². The maximum Gasteiger partial charge on any atom is 0.267 e. The Bertz CT molecular complexity index is 619. The van der Waals surface area contributed by atoms with Crippen molar-refractivity contribution in [3.05, 3.63) is 63.6 Å². The van der Waals surface area contributed by atoms with Crippen molar-refractivity contribution in [3.63, 3.8) is 0 Å². The minimum Gasteiger partial charge on any atom is -0.311 e. The zero-order chi connectivity index (χ0) is 13.8. The van der Waals surface area contributed by atoms with Gasteiger partial charge in [0, 0.05) is 6.07 Å². The van der Waals surface area contributed by atoms with E-state index in [9.17, 15) is 4.79 Å². The lowest BCUT2D eigenvalue weighted by Gasteiger charge is -2.19. The van der Waals surface area contributed by atoms with Gasteiger partial charge in [-0.1, -0.05) is 24.3 Å². The molecule has 0 fully saturated rings. The smallest absolute Gasteiger partial charge is 0.267 e. The molecular weight excluding hydrogens is 238 g/mol. The Morgan fingerprint density at radius 1 is 1.32 bits per heavy atom. The van der Waals surface area contributed by atoms with E-state index in [1.807, 2.05) is 26.1 Å². The van der Waals surface area contributed by atoms with E-state index >= 15 is 0 Å². The third-order valence-electron chi connectivity index (χ3n) is 3.27. The second-order valence-corrected chi connectivity index (χ2v) is 4.75. The van der Waals surface area contributed by atoms with Gasteiger partial charge in [0.25, 0.3) is 5.56 Å². The molecule has 0 saturated heterocycles. The molecule has 1 N–H and O–H groups in total. The summed E-state index contributed by atoms with van der Waals surface area (Å²) in [6.45, 7) is 4.47. The predicted octanol–water partition coefficient (Wildman–Crippen LogP) is 1.82. The zero-order valence-corrected chi connectivity index (χ0v) is 11.6. The Morgan fingerprint density at radius 3 is 2.68 bits per heavy atom. The number of nitrogens with one attached hydrogen (secondary N) is 1. The Labute approximate surface area is 113 Å². The molecule has 0 saturated carbocycles. The summed E-state index contributed by atoms with van der Waals surface area (Å²) in [6.07, 6.45) is 1.71. The van der Waals surface area contributed by atoms with Gasteiger partial charge < -0.3 is 5.32 Å². The average molecular weight is 257 g/mol. The lowest BCUT2D eigenvalue weighted by atomic mass is 10.0. The fourth-order valence-corrected chi connectivity index (χ4v) is 2.16. The van der Waals surface area contributed by atoms with E-state index in [-0.39, 0.29) is 11.6 Å². The molecule has 0 aliphatic carbocycles. The summed E-state index contributed by atoms with van der Waals surface area (Å²) < 4.78 is 1.50. The number of aromatic nitrogens is 2. The van der Waals surface area contributed by atoms with E-state index in [1.54, 1.807) is 12.3 Å². The topological polar surface area (TPSA) is 46.9 Å². The van der Waals surface area contributed by atoms with E-state index in [0.717, 1.165) is 5.56 Å². The molecule has 0 bridgehead atoms. The summed E-state index contributed by atoms with van der Waals surface area (Å²) in [4.78, 5) is 11.9. The first-order valence-corrected chi connectivity index (χ1v) is 6.38. The molecule has 1 atom stereocenters. The first-order valence-electron chi connectivity index (χ1n) is 6.38. The minimum atomic E-state index is -0.0613. The van der Waals surface area contributed by atoms with E-state index in [2.05, 4.69) is 29.5 Å². The summed E-state index contributed by atoms with van der Waals surface area (Å²) in [5.41, 5.74) is 3.23. The fraction of sp³-hybridized carbons (Fsp3) is 0.333. The number of rotatable bonds is 4. The first kappa shape index (κ1) is 13.5. The second kappa shape index (κ2) is 5.80. The number of nitrogens with zero attached hydrogens (tertiary/aromatic N) is 2. The van der Waals surface area contributed by atoms with Crippen LogP contribution < -0.4 is 10.9 Å². The molecular formula is C15H19N3O. The van der Waals surface area contributed by atoms with Crippen LogP contribution in [0.1, 0.15) is 22.7 Å². The van der Waals surface area contributed by atoms with Crippen LogP contribution in [0, 0.1) is 13.8 Å². The molecule has 0 amide bonds. The van der Waals surface area contributed by atoms with Gasteiger partial charge in [0.2, 0.25) is 0 Å². The molecule has 1 aromatic heterocycles. The van der Waals surface area contributed by atoms with Gasteiger partial charge in [-0.3, -0.25) is 4.79 Å². The Balaban J connectivity index is 2.29. The van der Waals surface area contributed by atoms with Gasteiger partial charge in [-0.05, 0) is 37.6 Å². The molecule has 0 radical (unpaired) electrons. The normalized spacial score (nSPS) is 12.4. The van der Waals surface area contributed by atoms with Crippen LogP contribution in [-0.4, -0.2) is 16.8 Å². The maximum atomic E-state index is 11.9. The van der Waals surface area contributed by atoms with E-state index < -0.39 is 0 Å². The van der Waals surface area contributed by atoms with Gasteiger partial charge in [0.15, 0.2) is 0 Å². The quantitative estimate of drug-likeness (QED) is 0.909. The van der Waals surface area contributed by atoms with Crippen molar-refractivity contribution < 1.29 is 0 Å². The lowest BCUT2D eigenvalue weighted by Crippen LogP contribution is -2.30. The minimum absolute atomic E-state index is 0.0613. The lowest BCUT2D eigenvalue weighted by molar-refractivity contribution is 0.450. The van der Waals surface area contributed by atoms with Crippen LogP contribution in [0.2, 0.25) is 0 Å². The highest BCUT2D eigenvalue weighted by Crippen LogP contribution is 2.17. The Morgan fingerprint density at radius 2 is 2.05 bits per heavy atom. The van der Waals surface area contributed by atoms with Crippen LogP contribution in [0.5, 0.6) is 0 Å².